The summed E-state index contributed by atoms with van der Waals surface area (Å²) in [5, 5.41) is 3.30. The van der Waals surface area contributed by atoms with Gasteiger partial charge in [-0.05, 0) is 42.3 Å². The van der Waals surface area contributed by atoms with Gasteiger partial charge < -0.3 is 10.2 Å². The van der Waals surface area contributed by atoms with Gasteiger partial charge in [0.2, 0.25) is 0 Å². The molecule has 126 valence electrons. The summed E-state index contributed by atoms with van der Waals surface area (Å²) in [4.78, 5) is 18.5. The first-order valence-electron chi connectivity index (χ1n) is 8.31. The molecular formula is C21H21N3O. The second-order valence-electron chi connectivity index (χ2n) is 5.84. The number of amides is 1. The number of nitrogens with zero attached hydrogens (tertiary/aromatic N) is 2. The van der Waals surface area contributed by atoms with Gasteiger partial charge in [0, 0.05) is 24.6 Å². The molecule has 4 nitrogen and oxygen atoms in total. The number of rotatable bonds is 5. The number of para-hydroxylation sites is 1. The maximum absolute atomic E-state index is 12.7. The van der Waals surface area contributed by atoms with E-state index >= 15 is 0 Å². The van der Waals surface area contributed by atoms with Crippen LogP contribution in [0.3, 0.4) is 0 Å². The molecule has 0 aliphatic carbocycles. The molecule has 1 N–H and O–H groups in total. The molecule has 3 rings (SSSR count). The Labute approximate surface area is 148 Å². The van der Waals surface area contributed by atoms with E-state index in [-0.39, 0.29) is 5.91 Å². The largest absolute Gasteiger partial charge is 0.354 e. The normalized spacial score (nSPS) is 10.3. The third-order valence-corrected chi connectivity index (χ3v) is 4.08. The third-order valence-electron chi connectivity index (χ3n) is 4.08. The van der Waals surface area contributed by atoms with E-state index in [0.29, 0.717) is 5.56 Å². The molecular weight excluding hydrogens is 310 g/mol. The zero-order valence-corrected chi connectivity index (χ0v) is 14.4. The van der Waals surface area contributed by atoms with Crippen LogP contribution in [0.4, 0.5) is 17.1 Å². The van der Waals surface area contributed by atoms with Gasteiger partial charge in [-0.15, -0.1) is 0 Å². The first-order valence-corrected chi connectivity index (χ1v) is 8.31. The summed E-state index contributed by atoms with van der Waals surface area (Å²) in [6, 6.07) is 19.6. The minimum atomic E-state index is -0.0938. The van der Waals surface area contributed by atoms with E-state index < -0.39 is 0 Å². The molecule has 3 aromatic rings. The SMILES string of the molecule is CCc1ccc(Nc2cncc(C(=O)N(C)c3ccccc3)c2)cc1. The van der Waals surface area contributed by atoms with Crippen molar-refractivity contribution in [2.45, 2.75) is 13.3 Å². The van der Waals surface area contributed by atoms with E-state index in [0.717, 1.165) is 23.5 Å². The summed E-state index contributed by atoms with van der Waals surface area (Å²) >= 11 is 0. The maximum Gasteiger partial charge on any atom is 0.259 e. The first-order chi connectivity index (χ1) is 12.2. The Hall–Kier alpha value is -3.14. The number of carbonyl (C=O) groups is 1. The standard InChI is InChI=1S/C21H21N3O/c1-3-16-9-11-18(12-10-16)23-19-13-17(14-22-15-19)21(25)24(2)20-7-5-4-6-8-20/h4-15,23H,3H2,1-2H3. The topological polar surface area (TPSA) is 45.2 Å². The lowest BCUT2D eigenvalue weighted by molar-refractivity contribution is 0.0992. The number of carbonyl (C=O) groups excluding carboxylic acids is 1. The highest BCUT2D eigenvalue weighted by Crippen LogP contribution is 2.20. The van der Waals surface area contributed by atoms with E-state index in [1.807, 2.05) is 48.5 Å². The highest BCUT2D eigenvalue weighted by molar-refractivity contribution is 6.06. The number of nitrogens with one attached hydrogen (secondary N) is 1. The number of hydrogen-bond donors (Lipinski definition) is 1. The first kappa shape index (κ1) is 16.7. The van der Waals surface area contributed by atoms with Crippen molar-refractivity contribution in [3.63, 3.8) is 0 Å². The molecule has 0 radical (unpaired) electrons. The number of aromatic nitrogens is 1. The van der Waals surface area contributed by atoms with Crippen LogP contribution >= 0.6 is 0 Å². The monoisotopic (exact) mass is 331 g/mol. The molecule has 4 heteroatoms. The summed E-state index contributed by atoms with van der Waals surface area (Å²) < 4.78 is 0. The second kappa shape index (κ2) is 7.62. The van der Waals surface area contributed by atoms with Crippen LogP contribution < -0.4 is 10.2 Å². The van der Waals surface area contributed by atoms with Gasteiger partial charge in [0.15, 0.2) is 0 Å². The maximum atomic E-state index is 12.7. The van der Waals surface area contributed by atoms with Gasteiger partial charge >= 0.3 is 0 Å². The Bertz CT molecular complexity index is 845. The van der Waals surface area contributed by atoms with Crippen LogP contribution in [0.25, 0.3) is 0 Å². The number of benzene rings is 2. The summed E-state index contributed by atoms with van der Waals surface area (Å²) in [5.74, 6) is -0.0938. The Morgan fingerprint density at radius 1 is 1.00 bits per heavy atom. The van der Waals surface area contributed by atoms with Gasteiger partial charge in [0.25, 0.3) is 5.91 Å². The molecule has 0 aliphatic heterocycles. The van der Waals surface area contributed by atoms with Crippen molar-refractivity contribution in [3.05, 3.63) is 84.2 Å². The van der Waals surface area contributed by atoms with Crippen molar-refractivity contribution in [2.24, 2.45) is 0 Å². The van der Waals surface area contributed by atoms with Crippen molar-refractivity contribution in [2.75, 3.05) is 17.3 Å². The summed E-state index contributed by atoms with van der Waals surface area (Å²) in [7, 11) is 1.77. The van der Waals surface area contributed by atoms with Crippen molar-refractivity contribution in [1.29, 1.82) is 0 Å². The minimum absolute atomic E-state index is 0.0938. The summed E-state index contributed by atoms with van der Waals surface area (Å²) in [5.41, 5.74) is 4.44. The molecule has 0 spiro atoms. The van der Waals surface area contributed by atoms with Gasteiger partial charge in [-0.3, -0.25) is 9.78 Å². The van der Waals surface area contributed by atoms with Gasteiger partial charge in [0.1, 0.15) is 0 Å². The van der Waals surface area contributed by atoms with Gasteiger partial charge in [-0.1, -0.05) is 37.3 Å². The fourth-order valence-electron chi connectivity index (χ4n) is 2.58. The number of hydrogen-bond acceptors (Lipinski definition) is 3. The molecule has 0 fully saturated rings. The lowest BCUT2D eigenvalue weighted by atomic mass is 10.1. The fourth-order valence-corrected chi connectivity index (χ4v) is 2.58. The summed E-state index contributed by atoms with van der Waals surface area (Å²) in [6.07, 6.45) is 4.32. The molecule has 0 saturated heterocycles. The molecule has 0 saturated carbocycles. The third kappa shape index (κ3) is 4.04. The Kier molecular flexibility index (Phi) is 5.09. The zero-order valence-electron chi connectivity index (χ0n) is 14.4. The van der Waals surface area contributed by atoms with E-state index in [1.54, 1.807) is 24.3 Å². The molecule has 25 heavy (non-hydrogen) atoms. The number of pyridine rings is 1. The van der Waals surface area contributed by atoms with Crippen LogP contribution in [0.2, 0.25) is 0 Å². The lowest BCUT2D eigenvalue weighted by Crippen LogP contribution is -2.26. The lowest BCUT2D eigenvalue weighted by Gasteiger charge is -2.17. The molecule has 0 aliphatic rings. The average Bonchev–Trinajstić information content (AvgIpc) is 2.68. The van der Waals surface area contributed by atoms with Crippen LogP contribution in [0.15, 0.2) is 73.1 Å². The van der Waals surface area contributed by atoms with Gasteiger partial charge in [-0.2, -0.15) is 0 Å². The number of aryl methyl sites for hydroxylation is 1. The second-order valence-corrected chi connectivity index (χ2v) is 5.84. The Morgan fingerprint density at radius 3 is 2.40 bits per heavy atom. The van der Waals surface area contributed by atoms with Crippen molar-refractivity contribution >= 4 is 23.0 Å². The molecule has 1 amide bonds. The van der Waals surface area contributed by atoms with Crippen LogP contribution in [0.5, 0.6) is 0 Å². The molecule has 2 aromatic carbocycles. The molecule has 0 bridgehead atoms. The Morgan fingerprint density at radius 2 is 1.72 bits per heavy atom. The highest BCUT2D eigenvalue weighted by atomic mass is 16.2. The van der Waals surface area contributed by atoms with Gasteiger partial charge in [0.05, 0.1) is 17.4 Å². The molecule has 1 heterocycles. The fraction of sp³-hybridized carbons (Fsp3) is 0.143. The average molecular weight is 331 g/mol. The van der Waals surface area contributed by atoms with Crippen molar-refractivity contribution < 1.29 is 4.79 Å². The zero-order chi connectivity index (χ0) is 17.6. The summed E-state index contributed by atoms with van der Waals surface area (Å²) in [6.45, 7) is 2.13. The van der Waals surface area contributed by atoms with E-state index in [4.69, 9.17) is 0 Å². The predicted octanol–water partition coefficient (Wildman–Crippen LogP) is 4.66. The van der Waals surface area contributed by atoms with Gasteiger partial charge in [-0.25, -0.2) is 0 Å². The van der Waals surface area contributed by atoms with Crippen LogP contribution in [-0.4, -0.2) is 17.9 Å². The predicted molar refractivity (Wildman–Crippen MR) is 103 cm³/mol. The van der Waals surface area contributed by atoms with Crippen molar-refractivity contribution in [1.82, 2.24) is 4.98 Å². The quantitative estimate of drug-likeness (QED) is 0.739. The van der Waals surface area contributed by atoms with Crippen LogP contribution in [0.1, 0.15) is 22.8 Å². The van der Waals surface area contributed by atoms with E-state index in [2.05, 4.69) is 29.4 Å². The molecule has 0 atom stereocenters. The van der Waals surface area contributed by atoms with Crippen LogP contribution in [0, 0.1) is 0 Å². The number of anilines is 3. The Balaban J connectivity index is 1.77. The van der Waals surface area contributed by atoms with E-state index in [1.165, 1.54) is 5.56 Å². The smallest absolute Gasteiger partial charge is 0.259 e. The highest BCUT2D eigenvalue weighted by Gasteiger charge is 2.14. The van der Waals surface area contributed by atoms with Crippen LogP contribution in [-0.2, 0) is 6.42 Å². The molecule has 0 unspecified atom stereocenters. The molecule has 1 aromatic heterocycles. The minimum Gasteiger partial charge on any atom is -0.354 e. The van der Waals surface area contributed by atoms with E-state index in [9.17, 15) is 4.79 Å². The van der Waals surface area contributed by atoms with Crippen molar-refractivity contribution in [3.8, 4) is 0 Å².